The fourth-order valence-corrected chi connectivity index (χ4v) is 2.42. The second-order valence-corrected chi connectivity index (χ2v) is 5.37. The molecule has 0 spiro atoms. The molecule has 0 atom stereocenters. The molecule has 22 heavy (non-hydrogen) atoms. The number of benzene rings is 1. The summed E-state index contributed by atoms with van der Waals surface area (Å²) in [5.74, 6) is -0.622. The topological polar surface area (TPSA) is 59.1 Å². The van der Waals surface area contributed by atoms with Crippen LogP contribution in [0.4, 0.5) is 18.3 Å². The third-order valence-electron chi connectivity index (χ3n) is 2.76. The number of nitrogens with one attached hydrogen (secondary N) is 1. The van der Waals surface area contributed by atoms with Crippen LogP contribution in [0.3, 0.4) is 0 Å². The molecule has 1 aromatic heterocycles. The Bertz CT molecular complexity index is 693. The summed E-state index contributed by atoms with van der Waals surface area (Å²) < 4.78 is 37.3. The van der Waals surface area contributed by atoms with Crippen molar-refractivity contribution >= 4 is 28.2 Å². The van der Waals surface area contributed by atoms with Crippen molar-refractivity contribution in [2.24, 2.45) is 0 Å². The van der Waals surface area contributed by atoms with E-state index in [1.165, 1.54) is 24.4 Å². The maximum Gasteiger partial charge on any atom is 0.416 e. The van der Waals surface area contributed by atoms with E-state index >= 15 is 0 Å². The van der Waals surface area contributed by atoms with Crippen LogP contribution in [0.5, 0.6) is 0 Å². The summed E-state index contributed by atoms with van der Waals surface area (Å²) >= 11 is 1.11. The van der Waals surface area contributed by atoms with Gasteiger partial charge in [-0.05, 0) is 17.7 Å². The van der Waals surface area contributed by atoms with E-state index in [1.54, 1.807) is 0 Å². The van der Waals surface area contributed by atoms with Crippen molar-refractivity contribution in [2.75, 3.05) is 5.32 Å². The molecule has 0 saturated heterocycles. The molecule has 0 saturated carbocycles. The molecule has 4 nitrogen and oxygen atoms in total. The van der Waals surface area contributed by atoms with E-state index < -0.39 is 17.6 Å². The van der Waals surface area contributed by atoms with Crippen molar-refractivity contribution < 1.29 is 22.8 Å². The quantitative estimate of drug-likeness (QED) is 0.873. The molecule has 0 unspecified atom stereocenters. The number of aromatic nitrogens is 1. The van der Waals surface area contributed by atoms with E-state index in [4.69, 9.17) is 0 Å². The van der Waals surface area contributed by atoms with Gasteiger partial charge in [-0.3, -0.25) is 9.59 Å². The Labute approximate surface area is 128 Å². The minimum Gasteiger partial charge on any atom is -0.302 e. The number of carbonyl (C=O) groups excluding carboxylic acids is 2. The predicted molar refractivity (Wildman–Crippen MR) is 75.9 cm³/mol. The van der Waals surface area contributed by atoms with Crippen molar-refractivity contribution in [2.45, 2.75) is 19.5 Å². The number of hydrogen-bond acceptors (Lipinski definition) is 4. The summed E-state index contributed by atoms with van der Waals surface area (Å²) in [6, 6.07) is 4.37. The second-order valence-electron chi connectivity index (χ2n) is 4.51. The van der Waals surface area contributed by atoms with Crippen LogP contribution in [0.1, 0.15) is 28.5 Å². The van der Waals surface area contributed by atoms with Crippen LogP contribution in [0.15, 0.2) is 29.6 Å². The molecule has 0 aliphatic rings. The number of halogens is 3. The lowest BCUT2D eigenvalue weighted by Gasteiger charge is -2.07. The SMILES string of the molecule is CC(=O)c1csc(NC(=O)Cc2ccc(C(F)(F)F)cc2)n1. The van der Waals surface area contributed by atoms with Crippen molar-refractivity contribution in [3.05, 3.63) is 46.5 Å². The highest BCUT2D eigenvalue weighted by Crippen LogP contribution is 2.29. The van der Waals surface area contributed by atoms with Crippen molar-refractivity contribution in [1.82, 2.24) is 4.98 Å². The van der Waals surface area contributed by atoms with Gasteiger partial charge in [-0.1, -0.05) is 12.1 Å². The first-order valence-corrected chi connectivity index (χ1v) is 7.06. The van der Waals surface area contributed by atoms with Crippen LogP contribution in [0.25, 0.3) is 0 Å². The molecule has 1 heterocycles. The molecule has 2 rings (SSSR count). The van der Waals surface area contributed by atoms with Gasteiger partial charge in [-0.25, -0.2) is 4.98 Å². The first kappa shape index (κ1) is 16.2. The first-order valence-electron chi connectivity index (χ1n) is 6.18. The van der Waals surface area contributed by atoms with Crippen LogP contribution >= 0.6 is 11.3 Å². The first-order chi connectivity index (χ1) is 10.3. The van der Waals surface area contributed by atoms with Gasteiger partial charge in [0.05, 0.1) is 12.0 Å². The molecule has 1 aromatic carbocycles. The fraction of sp³-hybridized carbons (Fsp3) is 0.214. The summed E-state index contributed by atoms with van der Waals surface area (Å²) in [6.07, 6.45) is -4.47. The Kier molecular flexibility index (Phi) is 4.60. The number of nitrogens with zero attached hydrogens (tertiary/aromatic N) is 1. The normalized spacial score (nSPS) is 11.3. The highest BCUT2D eigenvalue weighted by Gasteiger charge is 2.29. The number of amides is 1. The summed E-state index contributed by atoms with van der Waals surface area (Å²) in [5, 5.41) is 4.31. The molecule has 1 N–H and O–H groups in total. The van der Waals surface area contributed by atoms with Crippen LogP contribution in [0, 0.1) is 0 Å². The van der Waals surface area contributed by atoms with Gasteiger partial charge in [0.15, 0.2) is 10.9 Å². The summed E-state index contributed by atoms with van der Waals surface area (Å²) in [7, 11) is 0. The van der Waals surface area contributed by atoms with Crippen molar-refractivity contribution in [1.29, 1.82) is 0 Å². The monoisotopic (exact) mass is 328 g/mol. The van der Waals surface area contributed by atoms with E-state index in [0.29, 0.717) is 5.56 Å². The molecule has 1 amide bonds. The number of rotatable bonds is 4. The maximum atomic E-state index is 12.4. The lowest BCUT2D eigenvalue weighted by Crippen LogP contribution is -2.14. The molecular formula is C14H11F3N2O2S. The Morgan fingerprint density at radius 1 is 1.23 bits per heavy atom. The molecule has 116 valence electrons. The number of alkyl halides is 3. The van der Waals surface area contributed by atoms with Crippen molar-refractivity contribution in [3.8, 4) is 0 Å². The lowest BCUT2D eigenvalue weighted by atomic mass is 10.1. The lowest BCUT2D eigenvalue weighted by molar-refractivity contribution is -0.137. The zero-order valence-electron chi connectivity index (χ0n) is 11.4. The molecule has 2 aromatic rings. The van der Waals surface area contributed by atoms with E-state index in [9.17, 15) is 22.8 Å². The van der Waals surface area contributed by atoms with Gasteiger partial charge in [0.25, 0.3) is 0 Å². The highest BCUT2D eigenvalue weighted by atomic mass is 32.1. The Hall–Kier alpha value is -2.22. The standard InChI is InChI=1S/C14H11F3N2O2S/c1-8(20)11-7-22-13(18-11)19-12(21)6-9-2-4-10(5-3-9)14(15,16)17/h2-5,7H,6H2,1H3,(H,18,19,21). The molecular weight excluding hydrogens is 317 g/mol. The summed E-state index contributed by atoms with van der Waals surface area (Å²) in [4.78, 5) is 26.8. The zero-order chi connectivity index (χ0) is 16.3. The van der Waals surface area contributed by atoms with Crippen LogP contribution in [-0.2, 0) is 17.4 Å². The molecule has 0 fully saturated rings. The predicted octanol–water partition coefficient (Wildman–Crippen LogP) is 3.55. The number of carbonyl (C=O) groups is 2. The van der Waals surface area contributed by atoms with Gasteiger partial charge in [-0.15, -0.1) is 11.3 Å². The number of ketones is 1. The third-order valence-corrected chi connectivity index (χ3v) is 3.51. The number of Topliss-reactive ketones (excluding diaryl/α,β-unsaturated/α-hetero) is 1. The molecule has 0 radical (unpaired) electrons. The van der Waals surface area contributed by atoms with Gasteiger partial charge in [0, 0.05) is 12.3 Å². The zero-order valence-corrected chi connectivity index (χ0v) is 12.2. The van der Waals surface area contributed by atoms with E-state index in [-0.39, 0.29) is 23.0 Å². The van der Waals surface area contributed by atoms with Crippen LogP contribution in [0.2, 0.25) is 0 Å². The Balaban J connectivity index is 1.98. The molecule has 0 aliphatic heterocycles. The van der Waals surface area contributed by atoms with Gasteiger partial charge >= 0.3 is 6.18 Å². The summed E-state index contributed by atoms with van der Waals surface area (Å²) in [5.41, 5.74) is -0.0497. The van der Waals surface area contributed by atoms with E-state index in [1.807, 2.05) is 0 Å². The van der Waals surface area contributed by atoms with Crippen molar-refractivity contribution in [3.63, 3.8) is 0 Å². The van der Waals surface area contributed by atoms with Gasteiger partial charge < -0.3 is 5.32 Å². The number of thiazole rings is 1. The van der Waals surface area contributed by atoms with Crippen LogP contribution < -0.4 is 5.32 Å². The van der Waals surface area contributed by atoms with Gasteiger partial charge in [0.2, 0.25) is 5.91 Å². The minimum absolute atomic E-state index is 0.0763. The number of hydrogen-bond donors (Lipinski definition) is 1. The second kappa shape index (κ2) is 6.27. The molecule has 0 bridgehead atoms. The highest BCUT2D eigenvalue weighted by molar-refractivity contribution is 7.14. The maximum absolute atomic E-state index is 12.4. The van der Waals surface area contributed by atoms with Crippen LogP contribution in [-0.4, -0.2) is 16.7 Å². The van der Waals surface area contributed by atoms with E-state index in [2.05, 4.69) is 10.3 Å². The third kappa shape index (κ3) is 4.14. The average Bonchev–Trinajstić information content (AvgIpc) is 2.86. The molecule has 0 aliphatic carbocycles. The van der Waals surface area contributed by atoms with E-state index in [0.717, 1.165) is 23.5 Å². The average molecular weight is 328 g/mol. The largest absolute Gasteiger partial charge is 0.416 e. The Morgan fingerprint density at radius 2 is 1.86 bits per heavy atom. The van der Waals surface area contributed by atoms with Gasteiger partial charge in [0.1, 0.15) is 5.69 Å². The summed E-state index contributed by atoms with van der Waals surface area (Å²) in [6.45, 7) is 1.36. The van der Waals surface area contributed by atoms with Gasteiger partial charge in [-0.2, -0.15) is 13.2 Å². The smallest absolute Gasteiger partial charge is 0.302 e. The Morgan fingerprint density at radius 3 is 2.36 bits per heavy atom. The molecule has 8 heteroatoms. The minimum atomic E-state index is -4.40. The fourth-order valence-electron chi connectivity index (χ4n) is 1.65. The number of anilines is 1.